The summed E-state index contributed by atoms with van der Waals surface area (Å²) < 4.78 is 13.1. The first-order chi connectivity index (χ1) is 8.54. The van der Waals surface area contributed by atoms with Crippen LogP contribution in [0.15, 0.2) is 42.5 Å². The molecule has 5 heteroatoms. The largest absolute Gasteiger partial charge is 0.508 e. The Bertz CT molecular complexity index is 581. The zero-order valence-electron chi connectivity index (χ0n) is 9.15. The Hall–Kier alpha value is -2.07. The molecule has 3 nitrogen and oxygen atoms in total. The molecule has 0 bridgehead atoms. The third-order valence-electron chi connectivity index (χ3n) is 2.23. The fourth-order valence-electron chi connectivity index (χ4n) is 1.47. The minimum Gasteiger partial charge on any atom is -0.508 e. The molecule has 1 amide bonds. The van der Waals surface area contributed by atoms with Gasteiger partial charge in [0, 0.05) is 22.3 Å². The highest BCUT2D eigenvalue weighted by Gasteiger charge is 2.09. The molecular weight excluding hydrogens is 257 g/mol. The second-order valence-corrected chi connectivity index (χ2v) is 4.10. The Morgan fingerprint density at radius 1 is 1.22 bits per heavy atom. The number of phenols is 1. The van der Waals surface area contributed by atoms with Crippen LogP contribution in [0.25, 0.3) is 0 Å². The van der Waals surface area contributed by atoms with Gasteiger partial charge in [0.25, 0.3) is 5.91 Å². The first-order valence-electron chi connectivity index (χ1n) is 5.11. The molecule has 92 valence electrons. The average molecular weight is 266 g/mol. The van der Waals surface area contributed by atoms with Crippen molar-refractivity contribution >= 4 is 23.2 Å². The van der Waals surface area contributed by atoms with Crippen LogP contribution in [0, 0.1) is 5.82 Å². The van der Waals surface area contributed by atoms with Crippen molar-refractivity contribution in [1.82, 2.24) is 0 Å². The van der Waals surface area contributed by atoms with E-state index in [0.29, 0.717) is 5.69 Å². The molecule has 0 fully saturated rings. The molecule has 0 radical (unpaired) electrons. The van der Waals surface area contributed by atoms with Crippen molar-refractivity contribution in [2.45, 2.75) is 0 Å². The van der Waals surface area contributed by atoms with Gasteiger partial charge < -0.3 is 10.4 Å². The van der Waals surface area contributed by atoms with Crippen molar-refractivity contribution < 1.29 is 14.3 Å². The summed E-state index contributed by atoms with van der Waals surface area (Å²) in [5.41, 5.74) is 0.531. The van der Waals surface area contributed by atoms with Gasteiger partial charge in [-0.3, -0.25) is 4.79 Å². The first kappa shape index (κ1) is 12.4. The number of amides is 1. The van der Waals surface area contributed by atoms with Crippen molar-refractivity contribution in [2.24, 2.45) is 0 Å². The summed E-state index contributed by atoms with van der Waals surface area (Å²) in [5, 5.41) is 11.9. The first-order valence-corrected chi connectivity index (χ1v) is 5.49. The van der Waals surface area contributed by atoms with E-state index in [0.717, 1.165) is 12.1 Å². The lowest BCUT2D eigenvalue weighted by atomic mass is 10.2. The minimum absolute atomic E-state index is 0.0325. The number of rotatable bonds is 2. The fraction of sp³-hybridized carbons (Fsp3) is 0. The molecule has 2 N–H and O–H groups in total. The highest BCUT2D eigenvalue weighted by molar-refractivity contribution is 6.31. The maximum atomic E-state index is 13.1. The van der Waals surface area contributed by atoms with Crippen LogP contribution in [-0.2, 0) is 0 Å². The molecule has 0 aliphatic carbocycles. The van der Waals surface area contributed by atoms with Gasteiger partial charge in [-0.25, -0.2) is 4.39 Å². The van der Waals surface area contributed by atoms with Crippen LogP contribution < -0.4 is 5.32 Å². The Morgan fingerprint density at radius 2 is 2.00 bits per heavy atom. The second-order valence-electron chi connectivity index (χ2n) is 3.66. The highest BCUT2D eigenvalue weighted by Crippen LogP contribution is 2.18. The Labute approximate surface area is 108 Å². The topological polar surface area (TPSA) is 49.3 Å². The number of carbonyl (C=O) groups is 1. The highest BCUT2D eigenvalue weighted by atomic mass is 35.5. The summed E-state index contributed by atoms with van der Waals surface area (Å²) in [6.45, 7) is 0. The maximum Gasteiger partial charge on any atom is 0.255 e. The number of phenolic OH excluding ortho intramolecular Hbond substituents is 1. The monoisotopic (exact) mass is 265 g/mol. The molecule has 0 spiro atoms. The molecule has 0 aromatic heterocycles. The van der Waals surface area contributed by atoms with Crippen molar-refractivity contribution in [3.05, 3.63) is 58.9 Å². The van der Waals surface area contributed by atoms with Gasteiger partial charge in [-0.1, -0.05) is 17.7 Å². The summed E-state index contributed by atoms with van der Waals surface area (Å²) in [6.07, 6.45) is 0. The molecule has 0 aliphatic heterocycles. The van der Waals surface area contributed by atoms with Crippen molar-refractivity contribution in [2.75, 3.05) is 5.32 Å². The number of halogens is 2. The standard InChI is InChI=1S/C13H9ClFNO2/c14-9-4-8(5-10(15)6-9)13(18)16-11-2-1-3-12(17)7-11/h1-7,17H,(H,16,18). The lowest BCUT2D eigenvalue weighted by Gasteiger charge is -2.06. The van der Waals surface area contributed by atoms with E-state index in [1.54, 1.807) is 12.1 Å². The van der Waals surface area contributed by atoms with Crippen molar-refractivity contribution in [3.63, 3.8) is 0 Å². The van der Waals surface area contributed by atoms with Gasteiger partial charge in [-0.05, 0) is 30.3 Å². The predicted octanol–water partition coefficient (Wildman–Crippen LogP) is 3.44. The third kappa shape index (κ3) is 2.99. The van der Waals surface area contributed by atoms with Crippen LogP contribution >= 0.6 is 11.6 Å². The number of benzene rings is 2. The molecule has 0 aliphatic rings. The Kier molecular flexibility index (Phi) is 3.48. The van der Waals surface area contributed by atoms with E-state index in [1.165, 1.54) is 18.2 Å². The summed E-state index contributed by atoms with van der Waals surface area (Å²) in [4.78, 5) is 11.8. The molecular formula is C13H9ClFNO2. The average Bonchev–Trinajstić information content (AvgIpc) is 2.27. The van der Waals surface area contributed by atoms with Crippen molar-refractivity contribution in [1.29, 1.82) is 0 Å². The van der Waals surface area contributed by atoms with Gasteiger partial charge >= 0.3 is 0 Å². The van der Waals surface area contributed by atoms with Crippen LogP contribution in [0.1, 0.15) is 10.4 Å². The minimum atomic E-state index is -0.580. The van der Waals surface area contributed by atoms with Crippen LogP contribution in [-0.4, -0.2) is 11.0 Å². The molecule has 18 heavy (non-hydrogen) atoms. The molecule has 0 saturated heterocycles. The van der Waals surface area contributed by atoms with Crippen LogP contribution in [0.4, 0.5) is 10.1 Å². The fourth-order valence-corrected chi connectivity index (χ4v) is 1.69. The zero-order chi connectivity index (χ0) is 13.1. The summed E-state index contributed by atoms with van der Waals surface area (Å²) in [7, 11) is 0. The van der Waals surface area contributed by atoms with Crippen LogP contribution in [0.2, 0.25) is 5.02 Å². The number of anilines is 1. The quantitative estimate of drug-likeness (QED) is 0.874. The number of hydrogen-bond donors (Lipinski definition) is 2. The number of nitrogens with one attached hydrogen (secondary N) is 1. The molecule has 2 rings (SSSR count). The summed E-state index contributed by atoms with van der Waals surface area (Å²) in [6, 6.07) is 9.63. The number of carbonyl (C=O) groups excluding carboxylic acids is 1. The van der Waals surface area contributed by atoms with E-state index < -0.39 is 11.7 Å². The normalized spacial score (nSPS) is 10.1. The predicted molar refractivity (Wildman–Crippen MR) is 67.5 cm³/mol. The van der Waals surface area contributed by atoms with E-state index in [4.69, 9.17) is 11.6 Å². The third-order valence-corrected chi connectivity index (χ3v) is 2.45. The number of hydrogen-bond acceptors (Lipinski definition) is 2. The molecule has 2 aromatic carbocycles. The van der Waals surface area contributed by atoms with E-state index >= 15 is 0 Å². The molecule has 0 saturated carbocycles. The van der Waals surface area contributed by atoms with Gasteiger partial charge in [0.2, 0.25) is 0 Å². The Balaban J connectivity index is 2.22. The van der Waals surface area contributed by atoms with E-state index in [1.807, 2.05) is 0 Å². The lowest BCUT2D eigenvalue weighted by Crippen LogP contribution is -2.12. The number of aromatic hydroxyl groups is 1. The smallest absolute Gasteiger partial charge is 0.255 e. The molecule has 0 heterocycles. The van der Waals surface area contributed by atoms with Gasteiger partial charge in [-0.15, -0.1) is 0 Å². The Morgan fingerprint density at radius 3 is 2.67 bits per heavy atom. The van der Waals surface area contributed by atoms with Crippen LogP contribution in [0.5, 0.6) is 5.75 Å². The van der Waals surface area contributed by atoms with Gasteiger partial charge in [0.05, 0.1) is 0 Å². The van der Waals surface area contributed by atoms with E-state index in [2.05, 4.69) is 5.32 Å². The lowest BCUT2D eigenvalue weighted by molar-refractivity contribution is 0.102. The van der Waals surface area contributed by atoms with Gasteiger partial charge in [-0.2, -0.15) is 0 Å². The van der Waals surface area contributed by atoms with Gasteiger partial charge in [0.1, 0.15) is 11.6 Å². The van der Waals surface area contributed by atoms with Crippen molar-refractivity contribution in [3.8, 4) is 5.75 Å². The van der Waals surface area contributed by atoms with E-state index in [9.17, 15) is 14.3 Å². The SMILES string of the molecule is O=C(Nc1cccc(O)c1)c1cc(F)cc(Cl)c1. The van der Waals surface area contributed by atoms with Crippen LogP contribution in [0.3, 0.4) is 0 Å². The molecule has 0 atom stereocenters. The molecule has 2 aromatic rings. The van der Waals surface area contributed by atoms with Gasteiger partial charge in [0.15, 0.2) is 0 Å². The van der Waals surface area contributed by atoms with E-state index in [-0.39, 0.29) is 16.3 Å². The summed E-state index contributed by atoms with van der Waals surface area (Å²) in [5.74, 6) is -1.05. The second kappa shape index (κ2) is 5.06. The summed E-state index contributed by atoms with van der Waals surface area (Å²) >= 11 is 5.66. The maximum absolute atomic E-state index is 13.1. The molecule has 0 unspecified atom stereocenters. The zero-order valence-corrected chi connectivity index (χ0v) is 9.91.